The SMILES string of the molecule is C=C(CC(C)SOOC)OCC(CC)CCCC. The summed E-state index contributed by atoms with van der Waals surface area (Å²) >= 11 is 1.30. The van der Waals surface area contributed by atoms with Crippen LogP contribution in [-0.2, 0) is 14.0 Å². The van der Waals surface area contributed by atoms with Crippen LogP contribution in [0, 0.1) is 5.92 Å². The molecule has 0 saturated heterocycles. The van der Waals surface area contributed by atoms with E-state index in [-0.39, 0.29) is 5.25 Å². The van der Waals surface area contributed by atoms with Crippen molar-refractivity contribution >= 4 is 12.0 Å². The van der Waals surface area contributed by atoms with Crippen LogP contribution < -0.4 is 0 Å². The van der Waals surface area contributed by atoms with Crippen LogP contribution in [0.4, 0.5) is 0 Å². The molecule has 0 aromatic rings. The second-order valence-corrected chi connectivity index (χ2v) is 5.75. The summed E-state index contributed by atoms with van der Waals surface area (Å²) in [6.45, 7) is 11.3. The molecule has 3 nitrogen and oxygen atoms in total. The zero-order valence-electron chi connectivity index (χ0n) is 12.2. The van der Waals surface area contributed by atoms with E-state index in [4.69, 9.17) is 9.07 Å². The number of hydrogen-bond acceptors (Lipinski definition) is 4. The molecule has 0 aromatic carbocycles. The molecule has 0 N–H and O–H groups in total. The van der Waals surface area contributed by atoms with E-state index in [0.29, 0.717) is 5.92 Å². The van der Waals surface area contributed by atoms with Gasteiger partial charge in [0.05, 0.1) is 19.5 Å². The summed E-state index contributed by atoms with van der Waals surface area (Å²) < 4.78 is 10.6. The summed E-state index contributed by atoms with van der Waals surface area (Å²) in [5, 5.41) is 0.285. The van der Waals surface area contributed by atoms with Crippen LogP contribution in [0.1, 0.15) is 52.9 Å². The van der Waals surface area contributed by atoms with E-state index in [1.54, 1.807) is 0 Å². The topological polar surface area (TPSA) is 27.7 Å². The predicted molar refractivity (Wildman–Crippen MR) is 78.2 cm³/mol. The van der Waals surface area contributed by atoms with Crippen LogP contribution >= 0.6 is 12.0 Å². The molecule has 0 aliphatic rings. The Kier molecular flexibility index (Phi) is 11.8. The fraction of sp³-hybridized carbons (Fsp3) is 0.857. The Morgan fingerprint density at radius 1 is 1.33 bits per heavy atom. The van der Waals surface area contributed by atoms with E-state index >= 15 is 0 Å². The van der Waals surface area contributed by atoms with Crippen LogP contribution in [0.25, 0.3) is 0 Å². The molecule has 0 bridgehead atoms. The van der Waals surface area contributed by atoms with Crippen molar-refractivity contribution in [3.05, 3.63) is 12.3 Å². The summed E-state index contributed by atoms with van der Waals surface area (Å²) in [6, 6.07) is 0. The Hall–Kier alpha value is -0.190. The fourth-order valence-electron chi connectivity index (χ4n) is 1.65. The second kappa shape index (κ2) is 11.9. The van der Waals surface area contributed by atoms with Crippen LogP contribution in [0.5, 0.6) is 0 Å². The summed E-state index contributed by atoms with van der Waals surface area (Å²) in [4.78, 5) is 4.55. The highest BCUT2D eigenvalue weighted by Crippen LogP contribution is 2.21. The maximum absolute atomic E-state index is 5.74. The lowest BCUT2D eigenvalue weighted by Crippen LogP contribution is -2.10. The molecule has 0 fully saturated rings. The average molecular weight is 276 g/mol. The molecule has 2 unspecified atom stereocenters. The fourth-order valence-corrected chi connectivity index (χ4v) is 2.12. The molecule has 0 amide bonds. The monoisotopic (exact) mass is 276 g/mol. The lowest BCUT2D eigenvalue weighted by molar-refractivity contribution is -0.160. The number of allylic oxidation sites excluding steroid dienone is 1. The van der Waals surface area contributed by atoms with E-state index in [0.717, 1.165) is 18.8 Å². The first-order valence-corrected chi connectivity index (χ1v) is 7.61. The first kappa shape index (κ1) is 17.8. The van der Waals surface area contributed by atoms with Crippen LogP contribution in [0.15, 0.2) is 12.3 Å². The molecule has 0 aliphatic heterocycles. The Labute approximate surface area is 116 Å². The lowest BCUT2D eigenvalue weighted by atomic mass is 10.0. The number of rotatable bonds is 12. The zero-order valence-corrected chi connectivity index (χ0v) is 13.1. The van der Waals surface area contributed by atoms with Gasteiger partial charge in [0, 0.05) is 23.7 Å². The molecular weight excluding hydrogens is 248 g/mol. The van der Waals surface area contributed by atoms with Gasteiger partial charge in [-0.3, -0.25) is 0 Å². The third-order valence-corrected chi connectivity index (χ3v) is 3.56. The Bertz CT molecular complexity index is 209. The summed E-state index contributed by atoms with van der Waals surface area (Å²) in [5.74, 6) is 1.49. The molecule has 0 aliphatic carbocycles. The van der Waals surface area contributed by atoms with Crippen LogP contribution in [-0.4, -0.2) is 19.0 Å². The van der Waals surface area contributed by atoms with Gasteiger partial charge in [-0.2, -0.15) is 4.33 Å². The number of ether oxygens (including phenoxy) is 1. The van der Waals surface area contributed by atoms with Crippen molar-refractivity contribution < 1.29 is 14.0 Å². The first-order chi connectivity index (χ1) is 8.63. The van der Waals surface area contributed by atoms with E-state index in [9.17, 15) is 0 Å². The molecule has 4 heteroatoms. The van der Waals surface area contributed by atoms with Gasteiger partial charge in [0.15, 0.2) is 0 Å². The Balaban J connectivity index is 3.72. The van der Waals surface area contributed by atoms with Crippen molar-refractivity contribution in [2.24, 2.45) is 5.92 Å². The standard InChI is InChI=1S/C14H28O3S/c1-6-8-9-14(7-2)11-16-12(3)10-13(4)18-17-15-5/h13-14H,3,6-11H2,1-2,4-5H3. The van der Waals surface area contributed by atoms with Gasteiger partial charge in [0.25, 0.3) is 0 Å². The predicted octanol–water partition coefficient (Wildman–Crippen LogP) is 4.74. The van der Waals surface area contributed by atoms with Gasteiger partial charge in [-0.1, -0.05) is 46.6 Å². The van der Waals surface area contributed by atoms with E-state index in [1.165, 1.54) is 44.8 Å². The van der Waals surface area contributed by atoms with Gasteiger partial charge >= 0.3 is 0 Å². The van der Waals surface area contributed by atoms with Crippen molar-refractivity contribution in [1.29, 1.82) is 0 Å². The van der Waals surface area contributed by atoms with Gasteiger partial charge in [-0.15, -0.1) is 0 Å². The number of hydrogen-bond donors (Lipinski definition) is 0. The molecule has 0 rings (SSSR count). The van der Waals surface area contributed by atoms with Crippen molar-refractivity contribution in [2.45, 2.75) is 58.1 Å². The maximum Gasteiger partial charge on any atom is 0.0905 e. The minimum Gasteiger partial charge on any atom is -0.498 e. The van der Waals surface area contributed by atoms with E-state index < -0.39 is 0 Å². The Morgan fingerprint density at radius 3 is 2.61 bits per heavy atom. The molecule has 0 heterocycles. The zero-order chi connectivity index (χ0) is 13.8. The largest absolute Gasteiger partial charge is 0.498 e. The van der Waals surface area contributed by atoms with E-state index in [2.05, 4.69) is 32.2 Å². The third-order valence-electron chi connectivity index (χ3n) is 2.85. The van der Waals surface area contributed by atoms with Crippen molar-refractivity contribution in [2.75, 3.05) is 13.7 Å². The molecule has 18 heavy (non-hydrogen) atoms. The highest BCUT2D eigenvalue weighted by molar-refractivity contribution is 7.95. The van der Waals surface area contributed by atoms with Crippen LogP contribution in [0.2, 0.25) is 0 Å². The molecule has 0 spiro atoms. The molecular formula is C14H28O3S. The lowest BCUT2D eigenvalue weighted by Gasteiger charge is -2.18. The minimum atomic E-state index is 0.285. The Morgan fingerprint density at radius 2 is 2.06 bits per heavy atom. The van der Waals surface area contributed by atoms with Crippen LogP contribution in [0.3, 0.4) is 0 Å². The number of unbranched alkanes of at least 4 members (excludes halogenated alkanes) is 1. The van der Waals surface area contributed by atoms with Crippen molar-refractivity contribution in [3.63, 3.8) is 0 Å². The summed E-state index contributed by atoms with van der Waals surface area (Å²) in [6.07, 6.45) is 5.74. The highest BCUT2D eigenvalue weighted by Gasteiger charge is 2.10. The first-order valence-electron chi connectivity index (χ1n) is 6.80. The highest BCUT2D eigenvalue weighted by atomic mass is 32.2. The maximum atomic E-state index is 5.74. The average Bonchev–Trinajstić information content (AvgIpc) is 2.36. The summed E-state index contributed by atoms with van der Waals surface area (Å²) in [7, 11) is 1.50. The quantitative estimate of drug-likeness (QED) is 0.223. The summed E-state index contributed by atoms with van der Waals surface area (Å²) in [5.41, 5.74) is 0. The molecule has 0 radical (unpaired) electrons. The van der Waals surface area contributed by atoms with Gasteiger partial charge in [0.2, 0.25) is 0 Å². The van der Waals surface area contributed by atoms with Gasteiger partial charge in [-0.25, -0.2) is 4.89 Å². The second-order valence-electron chi connectivity index (χ2n) is 4.61. The normalized spacial score (nSPS) is 14.2. The van der Waals surface area contributed by atoms with Gasteiger partial charge in [-0.05, 0) is 12.3 Å². The minimum absolute atomic E-state index is 0.285. The molecule has 0 saturated carbocycles. The molecule has 2 atom stereocenters. The van der Waals surface area contributed by atoms with E-state index in [1.807, 2.05) is 0 Å². The van der Waals surface area contributed by atoms with Gasteiger partial charge < -0.3 is 4.74 Å². The molecule has 108 valence electrons. The smallest absolute Gasteiger partial charge is 0.0905 e. The van der Waals surface area contributed by atoms with Crippen molar-refractivity contribution in [1.82, 2.24) is 0 Å². The molecule has 0 aromatic heterocycles. The van der Waals surface area contributed by atoms with Gasteiger partial charge in [0.1, 0.15) is 0 Å². The van der Waals surface area contributed by atoms with Crippen molar-refractivity contribution in [3.8, 4) is 0 Å². The third kappa shape index (κ3) is 9.80.